The van der Waals surface area contributed by atoms with Gasteiger partial charge < -0.3 is 10.6 Å². The summed E-state index contributed by atoms with van der Waals surface area (Å²) in [6.07, 6.45) is -3.17. The van der Waals surface area contributed by atoms with E-state index in [-0.39, 0.29) is 37.9 Å². The van der Waals surface area contributed by atoms with Crippen LogP contribution < -0.4 is 5.73 Å². The van der Waals surface area contributed by atoms with Gasteiger partial charge in [-0.3, -0.25) is 4.79 Å². The van der Waals surface area contributed by atoms with Crippen molar-refractivity contribution in [3.63, 3.8) is 0 Å². The van der Waals surface area contributed by atoms with Crippen LogP contribution in [0.2, 0.25) is 0 Å². The Kier molecular flexibility index (Phi) is 4.80. The summed E-state index contributed by atoms with van der Waals surface area (Å²) in [5.74, 6) is -1.33. The average Bonchev–Trinajstić information content (AvgIpc) is 2.25. The van der Waals surface area contributed by atoms with E-state index in [1.165, 1.54) is 4.90 Å². The lowest BCUT2D eigenvalue weighted by Crippen LogP contribution is -2.42. The molecule has 17 heavy (non-hydrogen) atoms. The lowest BCUT2D eigenvalue weighted by Gasteiger charge is -2.33. The zero-order valence-electron chi connectivity index (χ0n) is 9.96. The van der Waals surface area contributed by atoms with Gasteiger partial charge in [0, 0.05) is 25.6 Å². The van der Waals surface area contributed by atoms with E-state index >= 15 is 0 Å². The summed E-state index contributed by atoms with van der Waals surface area (Å²) < 4.78 is 37.2. The average molecular weight is 252 g/mol. The number of carbonyl (C=O) groups is 1. The van der Waals surface area contributed by atoms with Gasteiger partial charge in [-0.05, 0) is 26.2 Å². The van der Waals surface area contributed by atoms with E-state index in [4.69, 9.17) is 5.73 Å². The second-order valence-electron chi connectivity index (χ2n) is 4.71. The second-order valence-corrected chi connectivity index (χ2v) is 4.71. The fourth-order valence-electron chi connectivity index (χ4n) is 1.97. The standard InChI is InChI=1S/C11H19F3N2O/c1-8(15)2-3-10(17)16-6-4-9(5-7-16)11(12,13)14/h8-9H,2-7,15H2,1H3. The molecule has 6 heteroatoms. The van der Waals surface area contributed by atoms with E-state index in [0.717, 1.165) is 0 Å². The van der Waals surface area contributed by atoms with Crippen molar-refractivity contribution in [1.29, 1.82) is 0 Å². The molecule has 1 unspecified atom stereocenters. The highest BCUT2D eigenvalue weighted by Crippen LogP contribution is 2.34. The molecule has 0 saturated carbocycles. The van der Waals surface area contributed by atoms with Crippen molar-refractivity contribution in [2.45, 2.75) is 44.8 Å². The Morgan fingerprint density at radius 1 is 1.41 bits per heavy atom. The second kappa shape index (κ2) is 5.71. The van der Waals surface area contributed by atoms with Gasteiger partial charge in [0.15, 0.2) is 0 Å². The summed E-state index contributed by atoms with van der Waals surface area (Å²) >= 11 is 0. The van der Waals surface area contributed by atoms with Gasteiger partial charge in [-0.2, -0.15) is 13.2 Å². The van der Waals surface area contributed by atoms with Crippen molar-refractivity contribution in [2.24, 2.45) is 11.7 Å². The first-order valence-electron chi connectivity index (χ1n) is 5.90. The maximum absolute atomic E-state index is 12.4. The van der Waals surface area contributed by atoms with E-state index in [1.54, 1.807) is 0 Å². The van der Waals surface area contributed by atoms with Gasteiger partial charge in [-0.1, -0.05) is 0 Å². The maximum atomic E-state index is 12.4. The van der Waals surface area contributed by atoms with Gasteiger partial charge in [-0.25, -0.2) is 0 Å². The van der Waals surface area contributed by atoms with Crippen LogP contribution in [0.25, 0.3) is 0 Å². The first kappa shape index (κ1) is 14.3. The summed E-state index contributed by atoms with van der Waals surface area (Å²) in [5, 5.41) is 0. The van der Waals surface area contributed by atoms with Crippen molar-refractivity contribution in [2.75, 3.05) is 13.1 Å². The van der Waals surface area contributed by atoms with Gasteiger partial charge in [-0.15, -0.1) is 0 Å². The van der Waals surface area contributed by atoms with Crippen LogP contribution >= 0.6 is 0 Å². The molecule has 0 aliphatic carbocycles. The molecule has 1 saturated heterocycles. The minimum Gasteiger partial charge on any atom is -0.343 e. The van der Waals surface area contributed by atoms with Crippen molar-refractivity contribution in [1.82, 2.24) is 4.90 Å². The predicted octanol–water partition coefficient (Wildman–Crippen LogP) is 1.91. The molecule has 1 aliphatic heterocycles. The molecule has 0 radical (unpaired) electrons. The number of hydrogen-bond acceptors (Lipinski definition) is 2. The third kappa shape index (κ3) is 4.53. The third-order valence-electron chi connectivity index (χ3n) is 3.12. The number of nitrogens with zero attached hydrogens (tertiary/aromatic N) is 1. The Morgan fingerprint density at radius 2 is 1.94 bits per heavy atom. The zero-order chi connectivity index (χ0) is 13.1. The van der Waals surface area contributed by atoms with E-state index < -0.39 is 12.1 Å². The molecular weight excluding hydrogens is 233 g/mol. The van der Waals surface area contributed by atoms with Crippen LogP contribution in [-0.4, -0.2) is 36.1 Å². The zero-order valence-corrected chi connectivity index (χ0v) is 9.96. The summed E-state index contributed by atoms with van der Waals surface area (Å²) in [5.41, 5.74) is 5.53. The molecule has 0 bridgehead atoms. The van der Waals surface area contributed by atoms with E-state index in [9.17, 15) is 18.0 Å². The van der Waals surface area contributed by atoms with Gasteiger partial charge in [0.1, 0.15) is 0 Å². The van der Waals surface area contributed by atoms with Crippen LogP contribution in [-0.2, 0) is 4.79 Å². The van der Waals surface area contributed by atoms with Crippen LogP contribution in [0.1, 0.15) is 32.6 Å². The number of piperidine rings is 1. The lowest BCUT2D eigenvalue weighted by atomic mass is 9.96. The third-order valence-corrected chi connectivity index (χ3v) is 3.12. The molecule has 2 N–H and O–H groups in total. The highest BCUT2D eigenvalue weighted by molar-refractivity contribution is 5.76. The SMILES string of the molecule is CC(N)CCC(=O)N1CCC(C(F)(F)F)CC1. The number of likely N-dealkylation sites (tertiary alicyclic amines) is 1. The van der Waals surface area contributed by atoms with Gasteiger partial charge in [0.25, 0.3) is 0 Å². The molecule has 0 aromatic carbocycles. The molecule has 1 aliphatic rings. The van der Waals surface area contributed by atoms with Crippen molar-refractivity contribution >= 4 is 5.91 Å². The number of hydrogen-bond donors (Lipinski definition) is 1. The number of amides is 1. The van der Waals surface area contributed by atoms with Crippen molar-refractivity contribution < 1.29 is 18.0 Å². The topological polar surface area (TPSA) is 46.3 Å². The highest BCUT2D eigenvalue weighted by Gasteiger charge is 2.41. The number of nitrogens with two attached hydrogens (primary N) is 1. The van der Waals surface area contributed by atoms with E-state index in [0.29, 0.717) is 12.8 Å². The number of halogens is 3. The summed E-state index contributed by atoms with van der Waals surface area (Å²) in [7, 11) is 0. The molecule has 1 atom stereocenters. The van der Waals surface area contributed by atoms with Crippen LogP contribution in [0.5, 0.6) is 0 Å². The molecule has 1 heterocycles. The summed E-state index contributed by atoms with van der Waals surface area (Å²) in [6.45, 7) is 2.23. The molecular formula is C11H19F3N2O. The first-order chi connectivity index (χ1) is 7.80. The molecule has 100 valence electrons. The van der Waals surface area contributed by atoms with Crippen molar-refractivity contribution in [3.8, 4) is 0 Å². The predicted molar refractivity (Wildman–Crippen MR) is 58.2 cm³/mol. The van der Waals surface area contributed by atoms with Crippen LogP contribution in [0.4, 0.5) is 13.2 Å². The quantitative estimate of drug-likeness (QED) is 0.834. The maximum Gasteiger partial charge on any atom is 0.391 e. The smallest absolute Gasteiger partial charge is 0.343 e. The minimum absolute atomic E-state index is 0.0212. The van der Waals surface area contributed by atoms with Crippen LogP contribution in [0.3, 0.4) is 0 Å². The van der Waals surface area contributed by atoms with Gasteiger partial charge in [0.2, 0.25) is 5.91 Å². The lowest BCUT2D eigenvalue weighted by molar-refractivity contribution is -0.186. The number of carbonyl (C=O) groups excluding carboxylic acids is 1. The van der Waals surface area contributed by atoms with Crippen LogP contribution in [0.15, 0.2) is 0 Å². The Labute approximate surface area is 99.1 Å². The molecule has 0 spiro atoms. The van der Waals surface area contributed by atoms with E-state index in [2.05, 4.69) is 0 Å². The number of rotatable bonds is 3. The normalized spacial score (nSPS) is 20.4. The minimum atomic E-state index is -4.12. The Morgan fingerprint density at radius 3 is 2.35 bits per heavy atom. The molecule has 3 nitrogen and oxygen atoms in total. The fourth-order valence-corrected chi connectivity index (χ4v) is 1.97. The molecule has 1 fully saturated rings. The fraction of sp³-hybridized carbons (Fsp3) is 0.909. The summed E-state index contributed by atoms with van der Waals surface area (Å²) in [6, 6.07) is -0.0494. The Balaban J connectivity index is 2.34. The van der Waals surface area contributed by atoms with E-state index in [1.807, 2.05) is 6.92 Å². The monoisotopic (exact) mass is 252 g/mol. The van der Waals surface area contributed by atoms with Gasteiger partial charge in [0.05, 0.1) is 5.92 Å². The molecule has 1 amide bonds. The largest absolute Gasteiger partial charge is 0.391 e. The highest BCUT2D eigenvalue weighted by atomic mass is 19.4. The Bertz CT molecular complexity index is 258. The molecule has 0 aromatic heterocycles. The first-order valence-corrected chi connectivity index (χ1v) is 5.90. The Hall–Kier alpha value is -0.780. The van der Waals surface area contributed by atoms with Crippen LogP contribution in [0, 0.1) is 5.92 Å². The summed E-state index contributed by atoms with van der Waals surface area (Å²) in [4.78, 5) is 13.2. The van der Waals surface area contributed by atoms with Gasteiger partial charge >= 0.3 is 6.18 Å². The number of alkyl halides is 3. The molecule has 1 rings (SSSR count). The molecule has 0 aromatic rings. The van der Waals surface area contributed by atoms with Crippen molar-refractivity contribution in [3.05, 3.63) is 0 Å².